The molecule has 0 unspecified atom stereocenters. The van der Waals surface area contributed by atoms with Crippen LogP contribution in [0.5, 0.6) is 0 Å². The molecule has 0 saturated carbocycles. The van der Waals surface area contributed by atoms with Crippen LogP contribution in [0, 0.1) is 0 Å². The minimum Gasteiger partial charge on any atom is -0.478 e. The number of carbonyl (C=O) groups is 1. The van der Waals surface area contributed by atoms with Crippen LogP contribution in [0.25, 0.3) is 11.3 Å². The van der Waals surface area contributed by atoms with Crippen molar-refractivity contribution in [2.24, 2.45) is 0 Å². The van der Waals surface area contributed by atoms with Gasteiger partial charge in [-0.15, -0.1) is 0 Å². The fraction of sp³-hybridized carbons (Fsp3) is 0. The van der Waals surface area contributed by atoms with Gasteiger partial charge in [0, 0.05) is 11.6 Å². The lowest BCUT2D eigenvalue weighted by Gasteiger charge is -1.97. The SMILES string of the molecule is O=C(O)c1cc(Cl)oc1-c1ccccc1. The first-order chi connectivity index (χ1) is 7.18. The fourth-order valence-corrected chi connectivity index (χ4v) is 1.51. The summed E-state index contributed by atoms with van der Waals surface area (Å²) in [6.07, 6.45) is 0. The van der Waals surface area contributed by atoms with E-state index in [1.807, 2.05) is 6.07 Å². The average Bonchev–Trinajstić information content (AvgIpc) is 2.62. The number of furan rings is 1. The Morgan fingerprint density at radius 3 is 2.53 bits per heavy atom. The quantitative estimate of drug-likeness (QED) is 0.848. The van der Waals surface area contributed by atoms with E-state index in [4.69, 9.17) is 21.1 Å². The Morgan fingerprint density at radius 1 is 1.27 bits per heavy atom. The van der Waals surface area contributed by atoms with Gasteiger partial charge < -0.3 is 9.52 Å². The Labute approximate surface area is 90.9 Å². The van der Waals surface area contributed by atoms with Crippen LogP contribution in [0.4, 0.5) is 0 Å². The normalized spacial score (nSPS) is 10.2. The van der Waals surface area contributed by atoms with E-state index in [9.17, 15) is 4.79 Å². The highest BCUT2D eigenvalue weighted by molar-refractivity contribution is 6.29. The van der Waals surface area contributed by atoms with Crippen LogP contribution in [0.3, 0.4) is 0 Å². The summed E-state index contributed by atoms with van der Waals surface area (Å²) in [5.41, 5.74) is 0.771. The summed E-state index contributed by atoms with van der Waals surface area (Å²) in [5.74, 6) is -0.766. The highest BCUT2D eigenvalue weighted by atomic mass is 35.5. The molecule has 2 aromatic rings. The molecule has 0 aliphatic carbocycles. The number of aromatic carboxylic acids is 1. The summed E-state index contributed by atoms with van der Waals surface area (Å²) < 4.78 is 5.15. The number of hydrogen-bond donors (Lipinski definition) is 1. The van der Waals surface area contributed by atoms with Gasteiger partial charge in [0.05, 0.1) is 0 Å². The summed E-state index contributed by atoms with van der Waals surface area (Å²) in [6, 6.07) is 10.3. The van der Waals surface area contributed by atoms with E-state index in [1.165, 1.54) is 6.07 Å². The lowest BCUT2D eigenvalue weighted by Crippen LogP contribution is -1.95. The molecule has 76 valence electrons. The van der Waals surface area contributed by atoms with Crippen molar-refractivity contribution in [1.29, 1.82) is 0 Å². The van der Waals surface area contributed by atoms with Crippen molar-refractivity contribution in [2.45, 2.75) is 0 Å². The summed E-state index contributed by atoms with van der Waals surface area (Å²) in [5, 5.41) is 9.00. The molecule has 1 N–H and O–H groups in total. The Hall–Kier alpha value is -1.74. The van der Waals surface area contributed by atoms with Crippen LogP contribution < -0.4 is 0 Å². The first kappa shape index (κ1) is 9.80. The molecule has 0 spiro atoms. The molecule has 2 rings (SSSR count). The topological polar surface area (TPSA) is 50.4 Å². The number of carboxylic acid groups (broad SMARTS) is 1. The maximum absolute atomic E-state index is 10.9. The van der Waals surface area contributed by atoms with Crippen LogP contribution >= 0.6 is 11.6 Å². The fourth-order valence-electron chi connectivity index (χ4n) is 1.32. The largest absolute Gasteiger partial charge is 0.478 e. The summed E-state index contributed by atoms with van der Waals surface area (Å²) >= 11 is 5.63. The molecule has 0 aliphatic rings. The first-order valence-corrected chi connectivity index (χ1v) is 4.64. The summed E-state index contributed by atoms with van der Waals surface area (Å²) in [7, 11) is 0. The van der Waals surface area contributed by atoms with Gasteiger partial charge in [0.1, 0.15) is 5.56 Å². The molecule has 4 heteroatoms. The smallest absolute Gasteiger partial charge is 0.339 e. The van der Waals surface area contributed by atoms with Gasteiger partial charge in [-0.2, -0.15) is 0 Å². The van der Waals surface area contributed by atoms with Gasteiger partial charge in [0.2, 0.25) is 0 Å². The van der Waals surface area contributed by atoms with E-state index in [2.05, 4.69) is 0 Å². The molecular weight excluding hydrogens is 216 g/mol. The van der Waals surface area contributed by atoms with Crippen molar-refractivity contribution in [3.8, 4) is 11.3 Å². The minimum atomic E-state index is -1.05. The van der Waals surface area contributed by atoms with E-state index < -0.39 is 5.97 Å². The van der Waals surface area contributed by atoms with Crippen LogP contribution in [0.1, 0.15) is 10.4 Å². The second kappa shape index (κ2) is 3.79. The van der Waals surface area contributed by atoms with E-state index in [0.29, 0.717) is 5.56 Å². The number of carboxylic acids is 1. The maximum atomic E-state index is 10.9. The summed E-state index contributed by atoms with van der Waals surface area (Å²) in [6.45, 7) is 0. The van der Waals surface area contributed by atoms with Crippen molar-refractivity contribution in [1.82, 2.24) is 0 Å². The molecule has 1 aromatic heterocycles. The molecule has 0 bridgehead atoms. The molecule has 0 atom stereocenters. The number of rotatable bonds is 2. The van der Waals surface area contributed by atoms with E-state index >= 15 is 0 Å². The molecule has 15 heavy (non-hydrogen) atoms. The maximum Gasteiger partial charge on any atom is 0.339 e. The Morgan fingerprint density at radius 2 is 1.93 bits per heavy atom. The van der Waals surface area contributed by atoms with Crippen LogP contribution in [-0.4, -0.2) is 11.1 Å². The highest BCUT2D eigenvalue weighted by Gasteiger charge is 2.17. The Kier molecular flexibility index (Phi) is 2.47. The van der Waals surface area contributed by atoms with Crippen molar-refractivity contribution in [3.05, 3.63) is 47.2 Å². The molecule has 0 amide bonds. The van der Waals surface area contributed by atoms with E-state index in [-0.39, 0.29) is 16.5 Å². The molecule has 1 aromatic carbocycles. The van der Waals surface area contributed by atoms with E-state index in [1.54, 1.807) is 24.3 Å². The van der Waals surface area contributed by atoms with Gasteiger partial charge in [-0.05, 0) is 11.6 Å². The van der Waals surface area contributed by atoms with Crippen molar-refractivity contribution < 1.29 is 14.3 Å². The zero-order valence-electron chi connectivity index (χ0n) is 7.61. The minimum absolute atomic E-state index is 0.0752. The molecule has 1 heterocycles. The molecule has 0 fully saturated rings. The molecule has 0 saturated heterocycles. The van der Waals surface area contributed by atoms with Gasteiger partial charge in [0.15, 0.2) is 11.0 Å². The van der Waals surface area contributed by atoms with E-state index in [0.717, 1.165) is 0 Å². The van der Waals surface area contributed by atoms with Crippen LogP contribution in [0.15, 0.2) is 40.8 Å². The van der Waals surface area contributed by atoms with Gasteiger partial charge in [-0.3, -0.25) is 0 Å². The third-order valence-electron chi connectivity index (χ3n) is 1.97. The monoisotopic (exact) mass is 222 g/mol. The number of halogens is 1. The Bertz CT molecular complexity index is 488. The zero-order valence-corrected chi connectivity index (χ0v) is 8.36. The predicted octanol–water partition coefficient (Wildman–Crippen LogP) is 3.30. The standard InChI is InChI=1S/C11H7ClO3/c12-9-6-8(11(13)14)10(15-9)7-4-2-1-3-5-7/h1-6H,(H,13,14). The second-order valence-corrected chi connectivity index (χ2v) is 3.34. The molecular formula is C11H7ClO3. The first-order valence-electron chi connectivity index (χ1n) is 4.26. The van der Waals surface area contributed by atoms with Crippen molar-refractivity contribution in [2.75, 3.05) is 0 Å². The summed E-state index contributed by atoms with van der Waals surface area (Å²) in [4.78, 5) is 10.9. The van der Waals surface area contributed by atoms with Crippen molar-refractivity contribution >= 4 is 17.6 Å². The zero-order chi connectivity index (χ0) is 10.8. The molecule has 3 nitrogen and oxygen atoms in total. The third-order valence-corrected chi connectivity index (χ3v) is 2.15. The lowest BCUT2D eigenvalue weighted by atomic mass is 10.1. The molecule has 0 aliphatic heterocycles. The lowest BCUT2D eigenvalue weighted by molar-refractivity contribution is 0.0697. The van der Waals surface area contributed by atoms with Gasteiger partial charge >= 0.3 is 5.97 Å². The second-order valence-electron chi connectivity index (χ2n) is 2.96. The van der Waals surface area contributed by atoms with Crippen LogP contribution in [-0.2, 0) is 0 Å². The molecule has 0 radical (unpaired) electrons. The number of benzene rings is 1. The predicted molar refractivity (Wildman–Crippen MR) is 56.1 cm³/mol. The third kappa shape index (κ3) is 1.87. The Balaban J connectivity index is 2.58. The van der Waals surface area contributed by atoms with Crippen molar-refractivity contribution in [3.63, 3.8) is 0 Å². The van der Waals surface area contributed by atoms with Gasteiger partial charge in [-0.1, -0.05) is 30.3 Å². The van der Waals surface area contributed by atoms with Gasteiger partial charge in [-0.25, -0.2) is 4.79 Å². The van der Waals surface area contributed by atoms with Crippen LogP contribution in [0.2, 0.25) is 5.22 Å². The van der Waals surface area contributed by atoms with Gasteiger partial charge in [0.25, 0.3) is 0 Å². The average molecular weight is 223 g/mol. The highest BCUT2D eigenvalue weighted by Crippen LogP contribution is 2.29. The number of hydrogen-bond acceptors (Lipinski definition) is 2.